The van der Waals surface area contributed by atoms with Gasteiger partial charge in [0.15, 0.2) is 0 Å². The summed E-state index contributed by atoms with van der Waals surface area (Å²) in [5, 5.41) is 3.20. The summed E-state index contributed by atoms with van der Waals surface area (Å²) in [6.45, 7) is 2.04. The van der Waals surface area contributed by atoms with E-state index in [-0.39, 0.29) is 0 Å². The first-order chi connectivity index (χ1) is 6.86. The molecule has 0 aliphatic rings. The molecule has 0 bridgehead atoms. The van der Waals surface area contributed by atoms with E-state index in [1.54, 1.807) is 0 Å². The van der Waals surface area contributed by atoms with Crippen LogP contribution in [0.1, 0.15) is 18.9 Å². The monoisotopic (exact) mass is 187 g/mol. The molecule has 1 heteroatoms. The third kappa shape index (κ3) is 3.48. The second-order valence-electron chi connectivity index (χ2n) is 3.10. The quantitative estimate of drug-likeness (QED) is 0.714. The summed E-state index contributed by atoms with van der Waals surface area (Å²) >= 11 is 0. The summed E-state index contributed by atoms with van der Waals surface area (Å²) in [6.07, 6.45) is 7.34. The molecule has 0 spiro atoms. The van der Waals surface area contributed by atoms with Crippen LogP contribution in [0, 0.1) is 0 Å². The van der Waals surface area contributed by atoms with Gasteiger partial charge in [0.1, 0.15) is 0 Å². The number of nitrogens with one attached hydrogen (secondary N) is 1. The molecule has 14 heavy (non-hydrogen) atoms. The van der Waals surface area contributed by atoms with Crippen molar-refractivity contribution in [3.63, 3.8) is 0 Å². The molecule has 1 aromatic carbocycles. The number of hydrogen-bond donors (Lipinski definition) is 1. The van der Waals surface area contributed by atoms with E-state index in [0.29, 0.717) is 0 Å². The number of hydrogen-bond acceptors (Lipinski definition) is 1. The second-order valence-corrected chi connectivity index (χ2v) is 3.10. The van der Waals surface area contributed by atoms with Gasteiger partial charge in [0.2, 0.25) is 0 Å². The van der Waals surface area contributed by atoms with Gasteiger partial charge in [0, 0.05) is 19.2 Å². The van der Waals surface area contributed by atoms with Gasteiger partial charge < -0.3 is 5.32 Å². The molecule has 0 saturated heterocycles. The van der Waals surface area contributed by atoms with Crippen LogP contribution in [0.4, 0.5) is 0 Å². The molecule has 0 aliphatic carbocycles. The molecule has 0 radical (unpaired) electrons. The van der Waals surface area contributed by atoms with E-state index in [9.17, 15) is 0 Å². The van der Waals surface area contributed by atoms with Gasteiger partial charge in [0.25, 0.3) is 0 Å². The fourth-order valence-corrected chi connectivity index (χ4v) is 1.23. The van der Waals surface area contributed by atoms with Crippen molar-refractivity contribution in [2.75, 3.05) is 7.05 Å². The highest BCUT2D eigenvalue weighted by Crippen LogP contribution is 2.07. The third-order valence-electron chi connectivity index (χ3n) is 2.04. The van der Waals surface area contributed by atoms with E-state index in [4.69, 9.17) is 0 Å². The first kappa shape index (κ1) is 10.6. The van der Waals surface area contributed by atoms with Crippen molar-refractivity contribution in [2.24, 2.45) is 0 Å². The molecule has 74 valence electrons. The Morgan fingerprint density at radius 3 is 2.57 bits per heavy atom. The Morgan fingerprint density at radius 1 is 1.29 bits per heavy atom. The number of benzene rings is 1. The van der Waals surface area contributed by atoms with Gasteiger partial charge in [-0.15, -0.1) is 0 Å². The zero-order valence-corrected chi connectivity index (χ0v) is 8.83. The normalized spacial score (nSPS) is 12.0. The van der Waals surface area contributed by atoms with Gasteiger partial charge in [0.05, 0.1) is 0 Å². The Balaban J connectivity index is 2.73. The average molecular weight is 187 g/mol. The lowest BCUT2D eigenvalue weighted by Gasteiger charge is -2.03. The van der Waals surface area contributed by atoms with Crippen molar-refractivity contribution in [1.82, 2.24) is 5.32 Å². The summed E-state index contributed by atoms with van der Waals surface area (Å²) in [7, 11) is 1.96. The fraction of sp³-hybridized carbons (Fsp3) is 0.231. The zero-order chi connectivity index (χ0) is 10.2. The van der Waals surface area contributed by atoms with Gasteiger partial charge in [-0.2, -0.15) is 0 Å². The predicted octanol–water partition coefficient (Wildman–Crippen LogP) is 3.21. The minimum atomic E-state index is 0.960. The van der Waals surface area contributed by atoms with Crippen LogP contribution in [0.25, 0.3) is 6.08 Å². The van der Waals surface area contributed by atoms with Crippen LogP contribution in [0.15, 0.2) is 48.2 Å². The van der Waals surface area contributed by atoms with Crippen molar-refractivity contribution >= 4 is 6.08 Å². The maximum Gasteiger partial charge on any atom is 0.0148 e. The van der Waals surface area contributed by atoms with E-state index < -0.39 is 0 Å². The van der Waals surface area contributed by atoms with E-state index in [1.807, 2.05) is 20.0 Å². The second kappa shape index (κ2) is 6.03. The highest BCUT2D eigenvalue weighted by molar-refractivity contribution is 5.52. The van der Waals surface area contributed by atoms with Gasteiger partial charge in [-0.25, -0.2) is 0 Å². The van der Waals surface area contributed by atoms with Crippen molar-refractivity contribution < 1.29 is 0 Å². The Labute approximate surface area is 86.2 Å². The highest BCUT2D eigenvalue weighted by atomic mass is 14.8. The molecule has 1 aromatic rings. The molecule has 0 saturated carbocycles. The van der Waals surface area contributed by atoms with Crippen LogP contribution >= 0.6 is 0 Å². The maximum absolute atomic E-state index is 3.20. The fourth-order valence-electron chi connectivity index (χ4n) is 1.23. The SMILES string of the molecule is C/C=C\CC(=Cc1ccccc1)NC. The smallest absolute Gasteiger partial charge is 0.0148 e. The van der Waals surface area contributed by atoms with Crippen LogP contribution in [0.2, 0.25) is 0 Å². The predicted molar refractivity (Wildman–Crippen MR) is 62.9 cm³/mol. The van der Waals surface area contributed by atoms with Crippen LogP contribution in [-0.4, -0.2) is 7.05 Å². The first-order valence-electron chi connectivity index (χ1n) is 4.91. The maximum atomic E-state index is 3.20. The molecule has 0 unspecified atom stereocenters. The lowest BCUT2D eigenvalue weighted by atomic mass is 10.1. The Morgan fingerprint density at radius 2 is 2.00 bits per heavy atom. The summed E-state index contributed by atoms with van der Waals surface area (Å²) < 4.78 is 0. The van der Waals surface area contributed by atoms with Crippen molar-refractivity contribution in [2.45, 2.75) is 13.3 Å². The molecule has 0 aliphatic heterocycles. The standard InChI is InChI=1S/C13H17N/c1-3-4-10-13(14-2)11-12-8-6-5-7-9-12/h3-9,11,14H,10H2,1-2H3/b4-3-,13-11?. The largest absolute Gasteiger partial charge is 0.391 e. The lowest BCUT2D eigenvalue weighted by Crippen LogP contribution is -2.04. The summed E-state index contributed by atoms with van der Waals surface area (Å²) in [5.41, 5.74) is 2.47. The third-order valence-corrected chi connectivity index (χ3v) is 2.04. The molecule has 1 nitrogen and oxygen atoms in total. The van der Waals surface area contributed by atoms with Crippen molar-refractivity contribution in [1.29, 1.82) is 0 Å². The topological polar surface area (TPSA) is 12.0 Å². The molecular weight excluding hydrogens is 170 g/mol. The summed E-state index contributed by atoms with van der Waals surface area (Å²) in [5.74, 6) is 0. The van der Waals surface area contributed by atoms with Gasteiger partial charge in [-0.05, 0) is 18.6 Å². The van der Waals surface area contributed by atoms with Gasteiger partial charge >= 0.3 is 0 Å². The highest BCUT2D eigenvalue weighted by Gasteiger charge is 1.91. The molecule has 0 aromatic heterocycles. The van der Waals surface area contributed by atoms with E-state index in [0.717, 1.165) is 6.42 Å². The van der Waals surface area contributed by atoms with Crippen molar-refractivity contribution in [3.05, 3.63) is 53.7 Å². The molecule has 0 amide bonds. The minimum absolute atomic E-state index is 0.960. The molecule has 1 N–H and O–H groups in total. The van der Waals surface area contributed by atoms with Gasteiger partial charge in [-0.3, -0.25) is 0 Å². The zero-order valence-electron chi connectivity index (χ0n) is 8.83. The average Bonchev–Trinajstić information content (AvgIpc) is 2.25. The number of allylic oxidation sites excluding steroid dienone is 2. The number of rotatable bonds is 4. The molecule has 1 rings (SSSR count). The van der Waals surface area contributed by atoms with Crippen molar-refractivity contribution in [3.8, 4) is 0 Å². The van der Waals surface area contributed by atoms with Crippen LogP contribution in [0.3, 0.4) is 0 Å². The molecule has 0 atom stereocenters. The molecular formula is C13H17N. The minimum Gasteiger partial charge on any atom is -0.391 e. The van der Waals surface area contributed by atoms with E-state index >= 15 is 0 Å². The Bertz CT molecular complexity index is 309. The summed E-state index contributed by atoms with van der Waals surface area (Å²) in [4.78, 5) is 0. The lowest BCUT2D eigenvalue weighted by molar-refractivity contribution is 0.950. The Kier molecular flexibility index (Phi) is 4.56. The Hall–Kier alpha value is -1.50. The molecule has 0 heterocycles. The van der Waals surface area contributed by atoms with Crippen LogP contribution < -0.4 is 5.32 Å². The van der Waals surface area contributed by atoms with Crippen LogP contribution in [-0.2, 0) is 0 Å². The van der Waals surface area contributed by atoms with Crippen LogP contribution in [0.5, 0.6) is 0 Å². The van der Waals surface area contributed by atoms with E-state index in [1.165, 1.54) is 11.3 Å². The molecule has 0 fully saturated rings. The first-order valence-corrected chi connectivity index (χ1v) is 4.91. The summed E-state index contributed by atoms with van der Waals surface area (Å²) in [6, 6.07) is 10.3. The van der Waals surface area contributed by atoms with Gasteiger partial charge in [-0.1, -0.05) is 42.5 Å². The van der Waals surface area contributed by atoms with E-state index in [2.05, 4.69) is 47.8 Å².